The monoisotopic (exact) mass is 574 g/mol. The van der Waals surface area contributed by atoms with Crippen molar-refractivity contribution in [1.29, 1.82) is 0 Å². The fourth-order valence-electron chi connectivity index (χ4n) is 4.16. The van der Waals surface area contributed by atoms with Gasteiger partial charge in [-0.25, -0.2) is 17.9 Å². The molecule has 3 amide bonds. The number of carbonyl (C=O) groups is 2. The third kappa shape index (κ3) is 5.20. The molecular weight excluding hydrogens is 552 g/mol. The summed E-state index contributed by atoms with van der Waals surface area (Å²) in [5, 5.41) is 24.1. The van der Waals surface area contributed by atoms with Crippen molar-refractivity contribution in [2.24, 2.45) is 20.2 Å². The van der Waals surface area contributed by atoms with Crippen molar-refractivity contribution in [2.45, 2.75) is 4.90 Å². The molecule has 1 aliphatic rings. The van der Waals surface area contributed by atoms with Crippen molar-refractivity contribution in [2.75, 3.05) is 26.6 Å². The third-order valence-corrected chi connectivity index (χ3v) is 7.62. The molecule has 4 aromatic rings. The summed E-state index contributed by atoms with van der Waals surface area (Å²) in [7, 11) is 0.0307. The number of urea groups is 1. The molecule has 0 spiro atoms. The Morgan fingerprint density at radius 2 is 1.66 bits per heavy atom. The number of nitrogens with zero attached hydrogens (tertiary/aromatic N) is 4. The van der Waals surface area contributed by atoms with Crippen LogP contribution in [-0.4, -0.2) is 46.7 Å². The summed E-state index contributed by atoms with van der Waals surface area (Å²) in [4.78, 5) is 32.1. The van der Waals surface area contributed by atoms with Gasteiger partial charge in [-0.05, 0) is 36.7 Å². The molecule has 0 fully saturated rings. The summed E-state index contributed by atoms with van der Waals surface area (Å²) in [6.45, 7) is 0. The summed E-state index contributed by atoms with van der Waals surface area (Å²) >= 11 is 0. The van der Waals surface area contributed by atoms with Gasteiger partial charge < -0.3 is 19.9 Å². The molecule has 0 saturated carbocycles. The van der Waals surface area contributed by atoms with E-state index in [0.29, 0.717) is 27.2 Å². The van der Waals surface area contributed by atoms with Gasteiger partial charge in [0.2, 0.25) is 10.0 Å². The zero-order valence-electron chi connectivity index (χ0n) is 21.9. The predicted octanol–water partition coefficient (Wildman–Crippen LogP) is 3.51. The summed E-state index contributed by atoms with van der Waals surface area (Å²) < 4.78 is 37.7. The molecular formula is C27H22N6O7S. The number of anilines is 1. The van der Waals surface area contributed by atoms with Crippen molar-refractivity contribution in [3.63, 3.8) is 0 Å². The summed E-state index contributed by atoms with van der Waals surface area (Å²) in [5.74, 6) is -1.02. The van der Waals surface area contributed by atoms with Gasteiger partial charge in [0.1, 0.15) is 27.8 Å². The minimum absolute atomic E-state index is 0.00505. The van der Waals surface area contributed by atoms with Crippen LogP contribution in [0.15, 0.2) is 85.8 Å². The van der Waals surface area contributed by atoms with Crippen molar-refractivity contribution < 1.29 is 32.6 Å². The van der Waals surface area contributed by atoms with Gasteiger partial charge in [0, 0.05) is 23.2 Å². The number of carbonyl (C=O) groups excluding carboxylic acids is 2. The Bertz CT molecular complexity index is 2010. The van der Waals surface area contributed by atoms with Gasteiger partial charge in [-0.15, -0.1) is 10.2 Å². The molecule has 0 atom stereocenters. The van der Waals surface area contributed by atoms with Crippen LogP contribution in [0.25, 0.3) is 10.8 Å². The van der Waals surface area contributed by atoms with Gasteiger partial charge in [0.05, 0.1) is 30.5 Å². The molecule has 3 N–H and O–H groups in total. The zero-order chi connectivity index (χ0) is 29.3. The number of amides is 3. The van der Waals surface area contributed by atoms with Crippen molar-refractivity contribution in [3.05, 3.63) is 76.9 Å². The number of phenolic OH excluding ortho intramolecular Hbond substituents is 1. The highest BCUT2D eigenvalue weighted by Crippen LogP contribution is 2.42. The minimum Gasteiger partial charge on any atom is -0.505 e. The molecule has 0 bridgehead atoms. The maximum atomic E-state index is 13.2. The lowest BCUT2D eigenvalue weighted by Crippen LogP contribution is -2.23. The first kappa shape index (κ1) is 27.4. The summed E-state index contributed by atoms with van der Waals surface area (Å²) in [6.07, 6.45) is 0. The van der Waals surface area contributed by atoms with Crippen molar-refractivity contribution in [3.8, 4) is 17.2 Å². The van der Waals surface area contributed by atoms with Crippen LogP contribution in [0.2, 0.25) is 0 Å². The Morgan fingerprint density at radius 1 is 0.927 bits per heavy atom. The van der Waals surface area contributed by atoms with Crippen LogP contribution in [0.5, 0.6) is 17.2 Å². The van der Waals surface area contributed by atoms with Gasteiger partial charge in [0.15, 0.2) is 5.75 Å². The van der Waals surface area contributed by atoms with Crippen LogP contribution in [0, 0.1) is 0 Å². The van der Waals surface area contributed by atoms with Gasteiger partial charge in [-0.2, -0.15) is 9.98 Å². The Hall–Kier alpha value is -5.21. The highest BCUT2D eigenvalue weighted by atomic mass is 32.2. The molecule has 14 heteroatoms. The summed E-state index contributed by atoms with van der Waals surface area (Å²) in [6, 6.07) is 15.0. The number of benzene rings is 4. The first-order valence-electron chi connectivity index (χ1n) is 11.9. The molecule has 1 aliphatic heterocycles. The number of azo groups is 1. The van der Waals surface area contributed by atoms with Gasteiger partial charge in [-0.3, -0.25) is 4.79 Å². The fourth-order valence-corrected chi connectivity index (χ4v) is 5.05. The lowest BCUT2D eigenvalue weighted by molar-refractivity contribution is 0.102. The SMILES string of the molecule is CNS(=O)(=O)c1cc(OC)c(N=Nc2c(O)c(C(=O)Nc3ccc4c(c3)=NC(=O)N=4)cc3ccccc23)cc1OC. The Kier molecular flexibility index (Phi) is 7.17. The van der Waals surface area contributed by atoms with Crippen LogP contribution in [-0.2, 0) is 10.0 Å². The van der Waals surface area contributed by atoms with Crippen molar-refractivity contribution in [1.82, 2.24) is 4.72 Å². The number of hydrogen-bond acceptors (Lipinski definition) is 9. The van der Waals surface area contributed by atoms with Crippen LogP contribution >= 0.6 is 0 Å². The lowest BCUT2D eigenvalue weighted by Gasteiger charge is -2.13. The molecule has 13 nitrogen and oxygen atoms in total. The van der Waals surface area contributed by atoms with E-state index >= 15 is 0 Å². The van der Waals surface area contributed by atoms with E-state index in [4.69, 9.17) is 9.47 Å². The quantitative estimate of drug-likeness (QED) is 0.269. The van der Waals surface area contributed by atoms with E-state index in [2.05, 4.69) is 30.3 Å². The molecule has 41 heavy (non-hydrogen) atoms. The molecule has 208 valence electrons. The number of sulfonamides is 1. The number of aromatic hydroxyl groups is 1. The summed E-state index contributed by atoms with van der Waals surface area (Å²) in [5.41, 5.74) is 0.358. The van der Waals surface area contributed by atoms with Crippen LogP contribution in [0.1, 0.15) is 10.4 Å². The number of fused-ring (bicyclic) bond motifs is 2. The van der Waals surface area contributed by atoms with Crippen molar-refractivity contribution >= 4 is 49.8 Å². The third-order valence-electron chi connectivity index (χ3n) is 6.19. The second kappa shape index (κ2) is 10.7. The number of hydrogen-bond donors (Lipinski definition) is 3. The number of methoxy groups -OCH3 is 2. The van der Waals surface area contributed by atoms with E-state index in [1.807, 2.05) is 0 Å². The van der Waals surface area contributed by atoms with Crippen LogP contribution < -0.4 is 30.2 Å². The smallest absolute Gasteiger partial charge is 0.368 e. The van der Waals surface area contributed by atoms with E-state index in [9.17, 15) is 23.1 Å². The maximum absolute atomic E-state index is 13.2. The van der Waals surface area contributed by atoms with Gasteiger partial charge >= 0.3 is 6.03 Å². The predicted molar refractivity (Wildman–Crippen MR) is 148 cm³/mol. The van der Waals surface area contributed by atoms with E-state index in [1.54, 1.807) is 36.4 Å². The second-order valence-corrected chi connectivity index (χ2v) is 10.4. The molecule has 1 heterocycles. The highest BCUT2D eigenvalue weighted by Gasteiger charge is 2.23. The average molecular weight is 575 g/mol. The van der Waals surface area contributed by atoms with E-state index in [0.717, 1.165) is 0 Å². The molecule has 4 aromatic carbocycles. The second-order valence-electron chi connectivity index (χ2n) is 8.59. The maximum Gasteiger partial charge on any atom is 0.368 e. The number of rotatable bonds is 8. The molecule has 0 saturated heterocycles. The topological polar surface area (TPSA) is 180 Å². The lowest BCUT2D eigenvalue weighted by atomic mass is 10.0. The number of phenols is 1. The van der Waals surface area contributed by atoms with Gasteiger partial charge in [-0.1, -0.05) is 24.3 Å². The normalized spacial score (nSPS) is 12.6. The average Bonchev–Trinajstić information content (AvgIpc) is 3.35. The van der Waals surface area contributed by atoms with Gasteiger partial charge in [0.25, 0.3) is 5.91 Å². The Labute approximate surface area is 232 Å². The minimum atomic E-state index is -3.88. The molecule has 0 aliphatic carbocycles. The Balaban J connectivity index is 1.57. The molecule has 5 rings (SSSR count). The standard InChI is InChI=1S/C27H22N6O7S/c1-28-41(37,38)23-13-21(39-2)20(12-22(23)40-3)32-33-24-16-7-5-4-6-14(16)10-17(25(24)34)26(35)29-15-8-9-18-19(11-15)31-27(36)30-18/h4-13,28,34H,1-3H3,(H,29,35). The van der Waals surface area contributed by atoms with E-state index in [-0.39, 0.29) is 33.3 Å². The zero-order valence-corrected chi connectivity index (χ0v) is 22.7. The largest absolute Gasteiger partial charge is 0.505 e. The first-order valence-corrected chi connectivity index (χ1v) is 13.4. The van der Waals surface area contributed by atoms with Crippen LogP contribution in [0.4, 0.5) is 21.9 Å². The van der Waals surface area contributed by atoms with Crippen LogP contribution in [0.3, 0.4) is 0 Å². The molecule has 0 radical (unpaired) electrons. The fraction of sp³-hybridized carbons (Fsp3) is 0.111. The molecule has 0 aromatic heterocycles. The number of ether oxygens (including phenoxy) is 2. The highest BCUT2D eigenvalue weighted by molar-refractivity contribution is 7.89. The molecule has 0 unspecified atom stereocenters. The first-order chi connectivity index (χ1) is 19.6. The van der Waals surface area contributed by atoms with E-state index < -0.39 is 27.7 Å². The Morgan fingerprint density at radius 3 is 2.39 bits per heavy atom. The number of nitrogens with one attached hydrogen (secondary N) is 2. The van der Waals surface area contributed by atoms with E-state index in [1.165, 1.54) is 45.5 Å².